The van der Waals surface area contributed by atoms with Crippen LogP contribution in [0.4, 0.5) is 0 Å². The number of aromatic hydroxyl groups is 2. The zero-order chi connectivity index (χ0) is 49.6. The summed E-state index contributed by atoms with van der Waals surface area (Å²) in [5.74, 6) is -3.70. The number of fused-ring (bicyclic) bond motifs is 3. The van der Waals surface area contributed by atoms with Crippen molar-refractivity contribution in [3.05, 3.63) is 126 Å². The minimum Gasteiger partial charge on any atom is -0.506 e. The van der Waals surface area contributed by atoms with Crippen LogP contribution in [-0.2, 0) is 23.8 Å². The number of nitrogens with one attached hydrogen (secondary N) is 4. The molecule has 8 N–H and O–H groups in total. The van der Waals surface area contributed by atoms with E-state index in [1.807, 2.05) is 0 Å². The molecule has 0 spiro atoms. The van der Waals surface area contributed by atoms with Crippen LogP contribution < -0.4 is 33.6 Å². The Bertz CT molecular complexity index is 2860. The van der Waals surface area contributed by atoms with Gasteiger partial charge in [0.05, 0.1) is 41.8 Å². The normalized spacial score (nSPS) is 13.0. The summed E-state index contributed by atoms with van der Waals surface area (Å²) in [5, 5.41) is 24.3. The number of carbonyl (C=O) groups excluding carboxylic acids is 4. The molecule has 1 amide bonds. The lowest BCUT2D eigenvalue weighted by atomic mass is 9.95. The molecule has 19 heteroatoms. The van der Waals surface area contributed by atoms with Gasteiger partial charge in [-0.15, -0.1) is 0 Å². The van der Waals surface area contributed by atoms with Crippen LogP contribution >= 0.6 is 0 Å². The highest BCUT2D eigenvalue weighted by atomic mass is 16.6. The van der Waals surface area contributed by atoms with Crippen LogP contribution in [0.25, 0.3) is 32.7 Å². The fourth-order valence-electron chi connectivity index (χ4n) is 7.28. The van der Waals surface area contributed by atoms with Gasteiger partial charge in [-0.3, -0.25) is 29.0 Å². The van der Waals surface area contributed by atoms with Gasteiger partial charge in [0.25, 0.3) is 17.0 Å². The molecule has 19 nitrogen and oxygen atoms in total. The topological polar surface area (TPSA) is 303 Å². The van der Waals surface area contributed by atoms with E-state index in [4.69, 9.17) is 10.5 Å². The summed E-state index contributed by atoms with van der Waals surface area (Å²) in [5.41, 5.74) is 4.77. The van der Waals surface area contributed by atoms with Gasteiger partial charge in [-0.2, -0.15) is 0 Å². The molecule has 0 saturated heterocycles. The third-order valence-electron chi connectivity index (χ3n) is 10.6. The number of carbonyl (C=O) groups is 4. The molecule has 0 unspecified atom stereocenters. The Balaban J connectivity index is 0.000000311. The van der Waals surface area contributed by atoms with Crippen molar-refractivity contribution in [3.63, 3.8) is 0 Å². The van der Waals surface area contributed by atoms with Crippen molar-refractivity contribution in [1.29, 1.82) is 0 Å². The predicted octanol–water partition coefficient (Wildman–Crippen LogP) is 7.24. The largest absolute Gasteiger partial charge is 0.506 e. The van der Waals surface area contributed by atoms with Gasteiger partial charge >= 0.3 is 29.3 Å². The maximum Gasteiger partial charge on any atom is 0.419 e. The monoisotopic (exact) mass is 973 g/mol. The van der Waals surface area contributed by atoms with Crippen molar-refractivity contribution in [2.75, 3.05) is 19.8 Å². The summed E-state index contributed by atoms with van der Waals surface area (Å²) in [6, 6.07) is 20.9. The van der Waals surface area contributed by atoms with Gasteiger partial charge in [-0.05, 0) is 82.9 Å². The molecule has 8 rings (SSSR count). The van der Waals surface area contributed by atoms with Crippen molar-refractivity contribution in [1.82, 2.24) is 20.3 Å². The Morgan fingerprint density at radius 2 is 1.01 bits per heavy atom. The van der Waals surface area contributed by atoms with Gasteiger partial charge in [-0.1, -0.05) is 89.8 Å². The molecule has 2 fully saturated rings. The first-order valence-electron chi connectivity index (χ1n) is 22.5. The first-order valence-corrected chi connectivity index (χ1v) is 22.5. The second-order valence-electron chi connectivity index (χ2n) is 15.5. The summed E-state index contributed by atoms with van der Waals surface area (Å²) < 4.78 is 18.1. The third kappa shape index (κ3) is 17.5. The third-order valence-corrected chi connectivity index (χ3v) is 10.6. The fraction of sp³-hybridized carbons (Fsp3) is 0.412. The summed E-state index contributed by atoms with van der Waals surface area (Å²) >= 11 is 0. The SMILES string of the molecule is C.C.CCOC(=O)CC(=O)OCC.CCOC(=O)c1c(O)c2ccccc2[nH]c1=O.NC1CCCCC1.O=C(NC1CCCCC1)c1c(O)c2ccccc2[nH]c1=O.O=c1[nH]c2ccccc2c(=O)o1. The Kier molecular flexibility index (Phi) is 25.2. The number of hydrogen-bond donors (Lipinski definition) is 7. The van der Waals surface area contributed by atoms with E-state index in [0.29, 0.717) is 38.8 Å². The number of benzene rings is 3. The second-order valence-corrected chi connectivity index (χ2v) is 15.5. The molecule has 3 heterocycles. The number of esters is 3. The summed E-state index contributed by atoms with van der Waals surface area (Å²) in [4.78, 5) is 98.0. The summed E-state index contributed by atoms with van der Waals surface area (Å²) in [6.45, 7) is 5.72. The molecule has 0 bridgehead atoms. The number of pyridine rings is 2. The van der Waals surface area contributed by atoms with Crippen LogP contribution in [0.2, 0.25) is 0 Å². The minimum atomic E-state index is -0.822. The number of aromatic amines is 3. The van der Waals surface area contributed by atoms with Crippen LogP contribution in [0.1, 0.15) is 127 Å². The minimum absolute atomic E-state index is 0. The highest BCUT2D eigenvalue weighted by Crippen LogP contribution is 2.26. The highest BCUT2D eigenvalue weighted by Gasteiger charge is 2.23. The van der Waals surface area contributed by atoms with E-state index in [0.717, 1.165) is 25.7 Å². The van der Waals surface area contributed by atoms with E-state index in [1.54, 1.807) is 93.6 Å². The molecule has 3 aromatic carbocycles. The molecule has 6 aromatic rings. The van der Waals surface area contributed by atoms with Crippen molar-refractivity contribution in [2.45, 2.75) is 118 Å². The Hall–Kier alpha value is -7.54. The van der Waals surface area contributed by atoms with E-state index in [2.05, 4.69) is 34.2 Å². The van der Waals surface area contributed by atoms with Crippen molar-refractivity contribution in [3.8, 4) is 11.5 Å². The molecule has 2 saturated carbocycles. The van der Waals surface area contributed by atoms with E-state index in [9.17, 15) is 48.6 Å². The van der Waals surface area contributed by atoms with Gasteiger partial charge in [0.2, 0.25) is 0 Å². The van der Waals surface area contributed by atoms with Crippen LogP contribution in [0, 0.1) is 0 Å². The fourth-order valence-corrected chi connectivity index (χ4v) is 7.28. The average molecular weight is 974 g/mol. The predicted molar refractivity (Wildman–Crippen MR) is 268 cm³/mol. The lowest BCUT2D eigenvalue weighted by Gasteiger charge is -2.22. The van der Waals surface area contributed by atoms with E-state index < -0.39 is 46.3 Å². The van der Waals surface area contributed by atoms with E-state index >= 15 is 0 Å². The van der Waals surface area contributed by atoms with Gasteiger partial charge in [0.15, 0.2) is 5.56 Å². The quantitative estimate of drug-likeness (QED) is 0.0449. The average Bonchev–Trinajstić information content (AvgIpc) is 3.31. The van der Waals surface area contributed by atoms with Gasteiger partial charge in [-0.25, -0.2) is 14.4 Å². The standard InChI is InChI=1S/C16H18N2O3.C12H11NO4.C8H5NO3.C7H12O4.C6H13N.2CH4/c19-14-11-8-4-5-9-12(11)18-16(21)13(14)15(20)17-10-6-2-1-3-7-10;1-2-17-12(16)9-10(14)7-5-3-4-6-8(7)13-11(9)15;10-7-5-3-1-2-4-6(5)9-8(11)12-7;1-3-10-6(8)5-7(9)11-4-2;7-6-4-2-1-3-5-6;;/h4-5,8-10H,1-3,6-7H2,(H,17,20)(H2,18,19,21);3-6H,2H2,1H3,(H2,13,14,15);1-4H,(H,9,11);3-5H2,1-2H3;6H,1-5,7H2;2*1H4. The maximum atomic E-state index is 12.3. The molecule has 3 aromatic heterocycles. The Morgan fingerprint density at radius 3 is 1.47 bits per heavy atom. The van der Waals surface area contributed by atoms with Crippen LogP contribution in [0.5, 0.6) is 11.5 Å². The first kappa shape index (κ1) is 58.6. The molecule has 2 aliphatic carbocycles. The molecular formula is C51H67N5O14. The number of hydrogen-bond acceptors (Lipinski definition) is 15. The van der Waals surface area contributed by atoms with Gasteiger partial charge in [0.1, 0.15) is 23.5 Å². The Labute approximate surface area is 404 Å². The smallest absolute Gasteiger partial charge is 0.419 e. The number of ether oxygens (including phenoxy) is 3. The van der Waals surface area contributed by atoms with Crippen molar-refractivity contribution in [2.24, 2.45) is 5.73 Å². The first-order chi connectivity index (χ1) is 32.7. The van der Waals surface area contributed by atoms with Crippen LogP contribution in [-0.4, -0.2) is 80.9 Å². The Morgan fingerprint density at radius 1 is 0.600 bits per heavy atom. The van der Waals surface area contributed by atoms with Crippen LogP contribution in [0.15, 0.2) is 96.4 Å². The van der Waals surface area contributed by atoms with Gasteiger partial charge in [0, 0.05) is 22.9 Å². The molecule has 70 heavy (non-hydrogen) atoms. The summed E-state index contributed by atoms with van der Waals surface area (Å²) in [6.07, 6.45) is 11.6. The van der Waals surface area contributed by atoms with Crippen LogP contribution in [0.3, 0.4) is 0 Å². The summed E-state index contributed by atoms with van der Waals surface area (Å²) in [7, 11) is 0. The zero-order valence-corrected chi connectivity index (χ0v) is 38.4. The maximum absolute atomic E-state index is 12.3. The van der Waals surface area contributed by atoms with Crippen molar-refractivity contribution >= 4 is 56.5 Å². The molecule has 380 valence electrons. The molecule has 0 aliphatic heterocycles. The molecule has 0 radical (unpaired) electrons. The lowest BCUT2D eigenvalue weighted by Crippen LogP contribution is -2.38. The number of para-hydroxylation sites is 3. The van der Waals surface area contributed by atoms with Gasteiger partial charge < -0.3 is 49.9 Å². The molecule has 0 atom stereocenters. The lowest BCUT2D eigenvalue weighted by molar-refractivity contribution is -0.153. The molecular weight excluding hydrogens is 907 g/mol. The highest BCUT2D eigenvalue weighted by molar-refractivity contribution is 6.02. The number of rotatable bonds is 8. The van der Waals surface area contributed by atoms with E-state index in [1.165, 1.54) is 38.5 Å². The molecule has 2 aliphatic rings. The second kappa shape index (κ2) is 30.1. The number of aromatic nitrogens is 3. The van der Waals surface area contributed by atoms with E-state index in [-0.39, 0.29) is 69.8 Å². The number of nitrogens with two attached hydrogens (primary N) is 1. The zero-order valence-electron chi connectivity index (χ0n) is 38.4. The number of amides is 1. The van der Waals surface area contributed by atoms with Crippen molar-refractivity contribution < 1.29 is 48.0 Å². The number of H-pyrrole nitrogens is 3.